The van der Waals surface area contributed by atoms with Crippen molar-refractivity contribution in [3.63, 3.8) is 0 Å². The zero-order valence-electron chi connectivity index (χ0n) is 18.6. The average Bonchev–Trinajstić information content (AvgIpc) is 3.41. The summed E-state index contributed by atoms with van der Waals surface area (Å²) in [4.78, 5) is 19.4. The second-order valence-corrected chi connectivity index (χ2v) is 8.86. The normalized spacial score (nSPS) is 15.5. The van der Waals surface area contributed by atoms with Crippen LogP contribution < -0.4 is 5.73 Å². The number of nitrogens with zero attached hydrogens (tertiary/aromatic N) is 6. The van der Waals surface area contributed by atoms with E-state index in [4.69, 9.17) is 15.8 Å². The lowest BCUT2D eigenvalue weighted by Gasteiger charge is -2.29. The lowest BCUT2D eigenvalue weighted by Crippen LogP contribution is -2.31. The van der Waals surface area contributed by atoms with Gasteiger partial charge >= 0.3 is 0 Å². The van der Waals surface area contributed by atoms with E-state index in [0.29, 0.717) is 11.9 Å². The van der Waals surface area contributed by atoms with Gasteiger partial charge in [-0.05, 0) is 50.7 Å². The molecular formula is C25H26N8. The summed E-state index contributed by atoms with van der Waals surface area (Å²) in [5.74, 6) is 1.40. The largest absolute Gasteiger partial charge is 0.383 e. The zero-order valence-corrected chi connectivity index (χ0v) is 18.6. The first-order valence-corrected chi connectivity index (χ1v) is 11.4. The first-order valence-electron chi connectivity index (χ1n) is 11.4. The Hall–Kier alpha value is -3.78. The number of likely N-dealkylation sites (tertiary alicyclic amines) is 1. The second-order valence-electron chi connectivity index (χ2n) is 8.86. The maximum atomic E-state index is 6.33. The fourth-order valence-electron chi connectivity index (χ4n) is 4.77. The summed E-state index contributed by atoms with van der Waals surface area (Å²) in [5, 5.41) is 5.85. The molecule has 2 aromatic carbocycles. The van der Waals surface area contributed by atoms with Crippen LogP contribution in [-0.4, -0.2) is 54.8 Å². The van der Waals surface area contributed by atoms with Gasteiger partial charge in [-0.1, -0.05) is 36.4 Å². The molecule has 5 aromatic rings. The standard InChI is InChI=1S/C25H26N8/c1-32-11-9-18(10-12-32)33-25-22(24(26)27-15-28-25)23(31-33)17-7-8-19-20(14-17)30-21(29-19)13-16-5-3-2-4-6-16/h2-8,14-15,18H,9-13H2,1H3,(H,29,30)(H2,26,27,28). The Morgan fingerprint density at radius 1 is 1.06 bits per heavy atom. The molecule has 0 amide bonds. The maximum absolute atomic E-state index is 6.33. The van der Waals surface area contributed by atoms with Crippen molar-refractivity contribution in [2.45, 2.75) is 25.3 Å². The summed E-state index contributed by atoms with van der Waals surface area (Å²) in [6.45, 7) is 2.10. The van der Waals surface area contributed by atoms with Gasteiger partial charge in [-0.3, -0.25) is 0 Å². The molecule has 0 bridgehead atoms. The number of nitrogens with one attached hydrogen (secondary N) is 1. The molecule has 1 aliphatic rings. The van der Waals surface area contributed by atoms with Gasteiger partial charge in [0.1, 0.15) is 23.7 Å². The summed E-state index contributed by atoms with van der Waals surface area (Å²) in [5.41, 5.74) is 12.1. The number of benzene rings is 2. The predicted molar refractivity (Wildman–Crippen MR) is 130 cm³/mol. The first-order chi connectivity index (χ1) is 16.2. The molecule has 1 aliphatic heterocycles. The lowest BCUT2D eigenvalue weighted by atomic mass is 10.1. The van der Waals surface area contributed by atoms with Gasteiger partial charge < -0.3 is 15.6 Å². The van der Waals surface area contributed by atoms with Crippen molar-refractivity contribution in [3.05, 3.63) is 66.2 Å². The van der Waals surface area contributed by atoms with E-state index < -0.39 is 0 Å². The van der Waals surface area contributed by atoms with Gasteiger partial charge in [0.15, 0.2) is 5.65 Å². The maximum Gasteiger partial charge on any atom is 0.164 e. The highest BCUT2D eigenvalue weighted by Gasteiger charge is 2.25. The summed E-state index contributed by atoms with van der Waals surface area (Å²) in [6.07, 6.45) is 4.37. The number of nitrogens with two attached hydrogens (primary N) is 1. The van der Waals surface area contributed by atoms with Crippen LogP contribution in [0.1, 0.15) is 30.3 Å². The van der Waals surface area contributed by atoms with Crippen LogP contribution in [0.5, 0.6) is 0 Å². The summed E-state index contributed by atoms with van der Waals surface area (Å²) < 4.78 is 2.06. The summed E-state index contributed by atoms with van der Waals surface area (Å²) in [6, 6.07) is 16.9. The van der Waals surface area contributed by atoms with Crippen LogP contribution in [0.4, 0.5) is 5.82 Å². The third-order valence-electron chi connectivity index (χ3n) is 6.57. The first kappa shape index (κ1) is 19.9. The number of anilines is 1. The Morgan fingerprint density at radius 3 is 2.70 bits per heavy atom. The van der Waals surface area contributed by atoms with E-state index in [0.717, 1.165) is 71.5 Å². The van der Waals surface area contributed by atoms with E-state index >= 15 is 0 Å². The summed E-state index contributed by atoms with van der Waals surface area (Å²) in [7, 11) is 2.16. The van der Waals surface area contributed by atoms with E-state index in [9.17, 15) is 0 Å². The molecule has 0 aliphatic carbocycles. The molecule has 166 valence electrons. The Kier molecular flexibility index (Phi) is 4.80. The third kappa shape index (κ3) is 3.62. The number of aromatic nitrogens is 6. The molecular weight excluding hydrogens is 412 g/mol. The minimum absolute atomic E-state index is 0.306. The fourth-order valence-corrected chi connectivity index (χ4v) is 4.77. The molecule has 4 heterocycles. The van der Waals surface area contributed by atoms with Crippen molar-refractivity contribution in [1.29, 1.82) is 0 Å². The molecule has 3 N–H and O–H groups in total. The monoisotopic (exact) mass is 438 g/mol. The van der Waals surface area contributed by atoms with Crippen LogP contribution in [0.2, 0.25) is 0 Å². The van der Waals surface area contributed by atoms with E-state index in [1.54, 1.807) is 0 Å². The predicted octanol–water partition coefficient (Wildman–Crippen LogP) is 3.81. The number of hydrogen-bond acceptors (Lipinski definition) is 6. The van der Waals surface area contributed by atoms with Gasteiger partial charge in [0.25, 0.3) is 0 Å². The van der Waals surface area contributed by atoms with Gasteiger partial charge in [-0.2, -0.15) is 5.10 Å². The van der Waals surface area contributed by atoms with E-state index in [1.165, 1.54) is 11.9 Å². The van der Waals surface area contributed by atoms with E-state index in [-0.39, 0.29) is 0 Å². The number of piperidine rings is 1. The van der Waals surface area contributed by atoms with Crippen LogP contribution in [0.3, 0.4) is 0 Å². The Bertz CT molecular complexity index is 1430. The Balaban J connectivity index is 1.41. The lowest BCUT2D eigenvalue weighted by molar-refractivity contribution is 0.215. The molecule has 8 nitrogen and oxygen atoms in total. The molecule has 0 radical (unpaired) electrons. The van der Waals surface area contributed by atoms with Crippen LogP contribution in [0.15, 0.2) is 54.9 Å². The Labute approximate surface area is 191 Å². The highest BCUT2D eigenvalue weighted by atomic mass is 15.3. The smallest absolute Gasteiger partial charge is 0.164 e. The molecule has 3 aromatic heterocycles. The molecule has 0 atom stereocenters. The Morgan fingerprint density at radius 2 is 1.88 bits per heavy atom. The minimum Gasteiger partial charge on any atom is -0.383 e. The van der Waals surface area contributed by atoms with E-state index in [2.05, 4.69) is 55.8 Å². The van der Waals surface area contributed by atoms with Gasteiger partial charge in [0, 0.05) is 12.0 Å². The highest BCUT2D eigenvalue weighted by molar-refractivity contribution is 5.99. The SMILES string of the molecule is CN1CCC(n2nc(-c3ccc4nc(Cc5ccccc5)[nH]c4c3)c3c(N)ncnc32)CC1. The average molecular weight is 439 g/mol. The number of nitrogen functional groups attached to an aromatic ring is 1. The van der Waals surface area contributed by atoms with Gasteiger partial charge in [-0.15, -0.1) is 0 Å². The quantitative estimate of drug-likeness (QED) is 0.442. The number of H-pyrrole nitrogens is 1. The highest BCUT2D eigenvalue weighted by Crippen LogP contribution is 2.34. The molecule has 0 unspecified atom stereocenters. The summed E-state index contributed by atoms with van der Waals surface area (Å²) >= 11 is 0. The van der Waals surface area contributed by atoms with Crippen molar-refractivity contribution < 1.29 is 0 Å². The van der Waals surface area contributed by atoms with Gasteiger partial charge in [0.05, 0.1) is 22.5 Å². The molecule has 6 rings (SSSR count). The van der Waals surface area contributed by atoms with Crippen molar-refractivity contribution >= 4 is 27.9 Å². The molecule has 8 heteroatoms. The van der Waals surface area contributed by atoms with Crippen molar-refractivity contribution in [2.75, 3.05) is 25.9 Å². The van der Waals surface area contributed by atoms with Gasteiger partial charge in [-0.25, -0.2) is 19.6 Å². The number of imidazole rings is 1. The minimum atomic E-state index is 0.306. The molecule has 0 saturated carbocycles. The second kappa shape index (κ2) is 7.97. The van der Waals surface area contributed by atoms with Crippen LogP contribution >= 0.6 is 0 Å². The molecule has 1 saturated heterocycles. The third-order valence-corrected chi connectivity index (χ3v) is 6.57. The number of aromatic amines is 1. The number of fused-ring (bicyclic) bond motifs is 2. The van der Waals surface area contributed by atoms with Crippen molar-refractivity contribution in [1.82, 2.24) is 34.6 Å². The molecule has 33 heavy (non-hydrogen) atoms. The van der Waals surface area contributed by atoms with Crippen LogP contribution in [0.25, 0.3) is 33.3 Å². The van der Waals surface area contributed by atoms with Crippen molar-refractivity contribution in [2.24, 2.45) is 0 Å². The molecule has 1 fully saturated rings. The molecule has 0 spiro atoms. The number of rotatable bonds is 4. The van der Waals surface area contributed by atoms with Crippen LogP contribution in [-0.2, 0) is 6.42 Å². The zero-order chi connectivity index (χ0) is 22.4. The number of hydrogen-bond donors (Lipinski definition) is 2. The van der Waals surface area contributed by atoms with Crippen molar-refractivity contribution in [3.8, 4) is 11.3 Å². The van der Waals surface area contributed by atoms with E-state index in [1.807, 2.05) is 24.3 Å². The fraction of sp³-hybridized carbons (Fsp3) is 0.280. The topological polar surface area (TPSA) is 102 Å². The van der Waals surface area contributed by atoms with Crippen LogP contribution in [0, 0.1) is 0 Å². The van der Waals surface area contributed by atoms with Gasteiger partial charge in [0.2, 0.25) is 0 Å².